The van der Waals surface area contributed by atoms with Crippen molar-refractivity contribution in [2.45, 2.75) is 64.7 Å². The van der Waals surface area contributed by atoms with Crippen LogP contribution in [0, 0.1) is 21.7 Å². The average molecular weight is 300 g/mol. The van der Waals surface area contributed by atoms with E-state index in [9.17, 15) is 26.3 Å². The first-order valence-electron chi connectivity index (χ1n) is 6.88. The number of hydrogen-bond donors (Lipinski definition) is 0. The van der Waals surface area contributed by atoms with Gasteiger partial charge in [-0.2, -0.15) is 26.3 Å². The molecule has 0 N–H and O–H groups in total. The Morgan fingerprint density at radius 1 is 0.550 bits per heavy atom. The Balaban J connectivity index is 2.16. The van der Waals surface area contributed by atoms with Gasteiger partial charge in [0, 0.05) is 0 Å². The predicted molar refractivity (Wildman–Crippen MR) is 60.9 cm³/mol. The quantitative estimate of drug-likeness (QED) is 0.520. The molecule has 4 saturated carbocycles. The van der Waals surface area contributed by atoms with Crippen LogP contribution in [0.4, 0.5) is 26.3 Å². The summed E-state index contributed by atoms with van der Waals surface area (Å²) in [5, 5.41) is 0. The van der Waals surface area contributed by atoms with E-state index in [1.54, 1.807) is 13.8 Å². The Morgan fingerprint density at radius 3 is 1.10 bits per heavy atom. The van der Waals surface area contributed by atoms with E-state index >= 15 is 0 Å². The average Bonchev–Trinajstić information content (AvgIpc) is 2.06. The zero-order valence-corrected chi connectivity index (χ0v) is 11.5. The van der Waals surface area contributed by atoms with Gasteiger partial charge in [-0.25, -0.2) is 0 Å². The van der Waals surface area contributed by atoms with Crippen LogP contribution in [0.15, 0.2) is 0 Å². The van der Waals surface area contributed by atoms with Crippen molar-refractivity contribution in [1.29, 1.82) is 0 Å². The molecule has 0 nitrogen and oxygen atoms in total. The molecule has 0 atom stereocenters. The first-order valence-corrected chi connectivity index (χ1v) is 6.88. The molecule has 116 valence electrons. The van der Waals surface area contributed by atoms with E-state index in [4.69, 9.17) is 0 Å². The van der Waals surface area contributed by atoms with Crippen LogP contribution in [0.3, 0.4) is 0 Å². The first kappa shape index (κ1) is 14.5. The summed E-state index contributed by atoms with van der Waals surface area (Å²) in [6, 6.07) is 0. The van der Waals surface area contributed by atoms with Gasteiger partial charge in [0.2, 0.25) is 0 Å². The third-order valence-corrected chi connectivity index (χ3v) is 5.79. The molecule has 0 saturated heterocycles. The summed E-state index contributed by atoms with van der Waals surface area (Å²) in [5.41, 5.74) is -5.95. The molecule has 4 aliphatic rings. The number of rotatable bonds is 0. The summed E-state index contributed by atoms with van der Waals surface area (Å²) < 4.78 is 81.2. The normalized spacial score (nSPS) is 51.6. The Bertz CT molecular complexity index is 392. The van der Waals surface area contributed by atoms with Gasteiger partial charge >= 0.3 is 12.4 Å². The molecule has 0 aromatic carbocycles. The van der Waals surface area contributed by atoms with Crippen molar-refractivity contribution in [3.63, 3.8) is 0 Å². The minimum atomic E-state index is -4.55. The Hall–Kier alpha value is -0.420. The van der Waals surface area contributed by atoms with Crippen molar-refractivity contribution in [3.05, 3.63) is 0 Å². The van der Waals surface area contributed by atoms with Crippen molar-refractivity contribution >= 4 is 0 Å². The Labute approximate surface area is 113 Å². The number of alkyl halides is 6. The zero-order chi connectivity index (χ0) is 15.2. The lowest BCUT2D eigenvalue weighted by atomic mass is 9.35. The lowest BCUT2D eigenvalue weighted by Gasteiger charge is -2.69. The highest BCUT2D eigenvalue weighted by Crippen LogP contribution is 2.79. The summed E-state index contributed by atoms with van der Waals surface area (Å²) in [5.74, 6) is 0. The molecule has 0 unspecified atom stereocenters. The Morgan fingerprint density at radius 2 is 0.850 bits per heavy atom. The molecule has 4 aliphatic carbocycles. The second-order valence-electron chi connectivity index (χ2n) is 8.24. The molecular formula is C14H18F6. The van der Waals surface area contributed by atoms with Gasteiger partial charge in [0.15, 0.2) is 0 Å². The van der Waals surface area contributed by atoms with Crippen LogP contribution in [0.1, 0.15) is 52.4 Å². The molecule has 0 aromatic rings. The van der Waals surface area contributed by atoms with Crippen molar-refractivity contribution in [2.24, 2.45) is 21.7 Å². The van der Waals surface area contributed by atoms with Gasteiger partial charge in [0.25, 0.3) is 0 Å². The SMILES string of the molecule is CC12CC3(C)CC(C(F)(F)F)(C1)CC(C(F)(F)F)(C2)C3. The van der Waals surface area contributed by atoms with Crippen LogP contribution < -0.4 is 0 Å². The van der Waals surface area contributed by atoms with Gasteiger partial charge in [-0.3, -0.25) is 0 Å². The number of hydrogen-bond acceptors (Lipinski definition) is 0. The van der Waals surface area contributed by atoms with E-state index in [0.29, 0.717) is 6.42 Å². The monoisotopic (exact) mass is 300 g/mol. The van der Waals surface area contributed by atoms with Gasteiger partial charge in [0.05, 0.1) is 10.8 Å². The third-order valence-electron chi connectivity index (χ3n) is 5.79. The maximum Gasteiger partial charge on any atom is 0.394 e. The van der Waals surface area contributed by atoms with E-state index < -0.39 is 40.4 Å². The van der Waals surface area contributed by atoms with Gasteiger partial charge in [-0.15, -0.1) is 0 Å². The van der Waals surface area contributed by atoms with Gasteiger partial charge in [-0.1, -0.05) is 13.8 Å². The molecule has 0 aliphatic heterocycles. The topological polar surface area (TPSA) is 0 Å². The summed E-state index contributed by atoms with van der Waals surface area (Å²) in [6.07, 6.45) is -9.95. The zero-order valence-electron chi connectivity index (χ0n) is 11.5. The minimum absolute atomic E-state index is 0.142. The molecule has 0 spiro atoms. The summed E-state index contributed by atoms with van der Waals surface area (Å²) >= 11 is 0. The Kier molecular flexibility index (Phi) is 2.41. The van der Waals surface area contributed by atoms with Gasteiger partial charge < -0.3 is 0 Å². The molecule has 20 heavy (non-hydrogen) atoms. The van der Waals surface area contributed by atoms with E-state index in [1.807, 2.05) is 0 Å². The number of halogens is 6. The predicted octanol–water partition coefficient (Wildman–Crippen LogP) is 5.48. The van der Waals surface area contributed by atoms with E-state index in [1.165, 1.54) is 0 Å². The van der Waals surface area contributed by atoms with Gasteiger partial charge in [0.1, 0.15) is 0 Å². The highest BCUT2D eigenvalue weighted by atomic mass is 19.4. The van der Waals surface area contributed by atoms with Crippen LogP contribution in [-0.2, 0) is 0 Å². The van der Waals surface area contributed by atoms with Crippen molar-refractivity contribution in [3.8, 4) is 0 Å². The third kappa shape index (κ3) is 1.68. The van der Waals surface area contributed by atoms with Crippen molar-refractivity contribution < 1.29 is 26.3 Å². The highest BCUT2D eigenvalue weighted by Gasteiger charge is 2.77. The summed E-state index contributed by atoms with van der Waals surface area (Å²) in [7, 11) is 0. The molecular weight excluding hydrogens is 282 g/mol. The maximum atomic E-state index is 13.5. The first-order chi connectivity index (χ1) is 8.74. The summed E-state index contributed by atoms with van der Waals surface area (Å²) in [6.45, 7) is 3.23. The van der Waals surface area contributed by atoms with Crippen molar-refractivity contribution in [2.75, 3.05) is 0 Å². The van der Waals surface area contributed by atoms with Crippen LogP contribution in [0.5, 0.6) is 0 Å². The van der Waals surface area contributed by atoms with E-state index in [-0.39, 0.29) is 25.7 Å². The van der Waals surface area contributed by atoms with E-state index in [0.717, 1.165) is 0 Å². The van der Waals surface area contributed by atoms with Crippen LogP contribution in [0.25, 0.3) is 0 Å². The minimum Gasteiger partial charge on any atom is -0.171 e. The maximum absolute atomic E-state index is 13.5. The van der Waals surface area contributed by atoms with Crippen LogP contribution in [0.2, 0.25) is 0 Å². The van der Waals surface area contributed by atoms with Crippen LogP contribution in [-0.4, -0.2) is 12.4 Å². The largest absolute Gasteiger partial charge is 0.394 e. The highest BCUT2D eigenvalue weighted by molar-refractivity contribution is 5.18. The fourth-order valence-electron chi connectivity index (χ4n) is 6.30. The van der Waals surface area contributed by atoms with E-state index in [2.05, 4.69) is 0 Å². The molecule has 4 fully saturated rings. The molecule has 6 heteroatoms. The fraction of sp³-hybridized carbons (Fsp3) is 1.00. The molecule has 4 rings (SSSR count). The standard InChI is InChI=1S/C14H18F6/c1-9-3-10(2)6-11(4-9,13(15,16)17)8-12(5-9,7-10)14(18,19)20/h3-8H2,1-2H3. The van der Waals surface area contributed by atoms with Crippen molar-refractivity contribution in [1.82, 2.24) is 0 Å². The summed E-state index contributed by atoms with van der Waals surface area (Å²) in [4.78, 5) is 0. The molecule has 0 amide bonds. The second-order valence-corrected chi connectivity index (χ2v) is 8.24. The van der Waals surface area contributed by atoms with Crippen LogP contribution >= 0.6 is 0 Å². The smallest absolute Gasteiger partial charge is 0.171 e. The second kappa shape index (κ2) is 3.32. The molecule has 0 aromatic heterocycles. The lowest BCUT2D eigenvalue weighted by Crippen LogP contribution is -2.66. The lowest BCUT2D eigenvalue weighted by molar-refractivity contribution is -0.364. The molecule has 0 radical (unpaired) electrons. The fourth-order valence-corrected chi connectivity index (χ4v) is 6.30. The molecule has 0 heterocycles. The molecule has 4 bridgehead atoms. The van der Waals surface area contributed by atoms with Gasteiger partial charge in [-0.05, 0) is 49.4 Å².